The first-order valence-electron chi connectivity index (χ1n) is 10.5. The lowest BCUT2D eigenvalue weighted by atomic mass is 10.2. The number of aromatic nitrogens is 3. The Morgan fingerprint density at radius 2 is 1.65 bits per heavy atom. The first kappa shape index (κ1) is 21.8. The summed E-state index contributed by atoms with van der Waals surface area (Å²) in [4.78, 5) is 64.2. The van der Waals surface area contributed by atoms with Gasteiger partial charge in [0.05, 0.1) is 19.6 Å². The van der Waals surface area contributed by atoms with Crippen molar-refractivity contribution in [2.75, 3.05) is 13.1 Å². The van der Waals surface area contributed by atoms with Crippen LogP contribution in [0.1, 0.15) is 44.7 Å². The summed E-state index contributed by atoms with van der Waals surface area (Å²) in [6.07, 6.45) is 3.55. The maximum absolute atomic E-state index is 12.7. The van der Waals surface area contributed by atoms with Crippen molar-refractivity contribution >= 4 is 35.0 Å². The van der Waals surface area contributed by atoms with E-state index < -0.39 is 17.9 Å². The van der Waals surface area contributed by atoms with Crippen molar-refractivity contribution in [1.82, 2.24) is 35.8 Å². The molecule has 13 nitrogen and oxygen atoms in total. The normalized spacial score (nSPS) is 19.6. The van der Waals surface area contributed by atoms with Crippen LogP contribution in [0.25, 0.3) is 11.6 Å². The van der Waals surface area contributed by atoms with E-state index in [1.54, 1.807) is 5.38 Å². The Labute approximate surface area is 195 Å². The van der Waals surface area contributed by atoms with Crippen LogP contribution in [-0.4, -0.2) is 62.6 Å². The van der Waals surface area contributed by atoms with E-state index in [2.05, 4.69) is 30.9 Å². The third-order valence-corrected chi connectivity index (χ3v) is 6.23. The van der Waals surface area contributed by atoms with Crippen LogP contribution in [0.2, 0.25) is 0 Å². The summed E-state index contributed by atoms with van der Waals surface area (Å²) in [5.41, 5.74) is 0.424. The second kappa shape index (κ2) is 9.05. The first-order chi connectivity index (χ1) is 16.5. The third kappa shape index (κ3) is 4.39. The van der Waals surface area contributed by atoms with Crippen LogP contribution in [0.4, 0.5) is 0 Å². The lowest BCUT2D eigenvalue weighted by molar-refractivity contribution is -0.137. The molecule has 176 valence electrons. The second-order valence-electron chi connectivity index (χ2n) is 7.62. The van der Waals surface area contributed by atoms with Gasteiger partial charge in [-0.15, -0.1) is 11.3 Å². The summed E-state index contributed by atoms with van der Waals surface area (Å²) in [5, 5.41) is 10.2. The Balaban J connectivity index is 1.39. The molecule has 4 amide bonds. The van der Waals surface area contributed by atoms with E-state index in [1.165, 1.54) is 22.5 Å². The minimum atomic E-state index is -0.622. The fraction of sp³-hybridized carbons (Fsp3) is 0.350. The highest BCUT2D eigenvalue weighted by Gasteiger charge is 2.34. The summed E-state index contributed by atoms with van der Waals surface area (Å²) in [6, 6.07) is -0.622. The number of fused-ring (bicyclic) bond motifs is 8. The predicted molar refractivity (Wildman–Crippen MR) is 114 cm³/mol. The van der Waals surface area contributed by atoms with Crippen LogP contribution in [0, 0.1) is 0 Å². The van der Waals surface area contributed by atoms with Crippen molar-refractivity contribution in [3.05, 3.63) is 40.2 Å². The minimum absolute atomic E-state index is 0.0353. The van der Waals surface area contributed by atoms with Gasteiger partial charge in [-0.25, -0.2) is 15.0 Å². The van der Waals surface area contributed by atoms with Crippen molar-refractivity contribution in [1.29, 1.82) is 0 Å². The predicted octanol–water partition coefficient (Wildman–Crippen LogP) is 0.0667. The summed E-state index contributed by atoms with van der Waals surface area (Å²) in [6.45, 7) is 0.221. The number of carbonyl (C=O) groups is 4. The van der Waals surface area contributed by atoms with E-state index >= 15 is 0 Å². The number of oxazole rings is 2. The standard InChI is InChI=1S/C20H19N7O6S/c28-16-6-23-17(29)10-7-32-14(24-10)4-21-18(30)11-8-33-20(26-11)12-9-34-15(25-12)5-22-19(31)13-2-1-3-27(13)16/h7-9,13H,1-6H2,(H,21,30)(H,22,31)(H,23,29). The van der Waals surface area contributed by atoms with Gasteiger partial charge in [-0.1, -0.05) is 0 Å². The van der Waals surface area contributed by atoms with Crippen molar-refractivity contribution < 1.29 is 28.0 Å². The first-order valence-corrected chi connectivity index (χ1v) is 11.3. The Kier molecular flexibility index (Phi) is 5.79. The molecule has 0 aliphatic carbocycles. The molecule has 1 fully saturated rings. The van der Waals surface area contributed by atoms with Gasteiger partial charge in [-0.05, 0) is 12.8 Å². The van der Waals surface area contributed by atoms with E-state index in [9.17, 15) is 19.2 Å². The summed E-state index contributed by atoms with van der Waals surface area (Å²) in [7, 11) is 0. The number of nitrogens with one attached hydrogen (secondary N) is 3. The maximum Gasteiger partial charge on any atom is 0.273 e. The van der Waals surface area contributed by atoms with Gasteiger partial charge in [-0.3, -0.25) is 19.2 Å². The number of carbonyl (C=O) groups excluding carboxylic acids is 4. The molecule has 0 aromatic carbocycles. The monoisotopic (exact) mass is 485 g/mol. The molecule has 5 rings (SSSR count). The molecule has 14 heteroatoms. The number of amides is 4. The zero-order valence-corrected chi connectivity index (χ0v) is 18.5. The highest BCUT2D eigenvalue weighted by molar-refractivity contribution is 7.09. The Bertz CT molecular complexity index is 1260. The molecule has 1 unspecified atom stereocenters. The Morgan fingerprint density at radius 3 is 2.50 bits per heavy atom. The van der Waals surface area contributed by atoms with Gasteiger partial charge in [0.2, 0.25) is 23.6 Å². The molecule has 6 bridgehead atoms. The molecule has 0 saturated carbocycles. The van der Waals surface area contributed by atoms with E-state index in [4.69, 9.17) is 8.83 Å². The van der Waals surface area contributed by atoms with Crippen LogP contribution < -0.4 is 16.0 Å². The summed E-state index contributed by atoms with van der Waals surface area (Å²) in [5.74, 6) is -1.55. The van der Waals surface area contributed by atoms with Crippen LogP contribution >= 0.6 is 11.3 Å². The van der Waals surface area contributed by atoms with Gasteiger partial charge in [-0.2, -0.15) is 0 Å². The average Bonchev–Trinajstić information content (AvgIpc) is 3.64. The fourth-order valence-electron chi connectivity index (χ4n) is 3.70. The van der Waals surface area contributed by atoms with Crippen LogP contribution in [-0.2, 0) is 22.7 Å². The maximum atomic E-state index is 12.7. The van der Waals surface area contributed by atoms with Crippen LogP contribution in [0.15, 0.2) is 26.7 Å². The van der Waals surface area contributed by atoms with Crippen molar-refractivity contribution in [2.45, 2.75) is 32.0 Å². The molecule has 0 radical (unpaired) electrons. The second-order valence-corrected chi connectivity index (χ2v) is 8.56. The highest BCUT2D eigenvalue weighted by atomic mass is 32.1. The molecule has 3 aromatic rings. The molecule has 34 heavy (non-hydrogen) atoms. The van der Waals surface area contributed by atoms with E-state index in [0.717, 1.165) is 6.26 Å². The quantitative estimate of drug-likeness (QED) is 0.398. The Morgan fingerprint density at radius 1 is 0.882 bits per heavy atom. The third-order valence-electron chi connectivity index (χ3n) is 5.38. The summed E-state index contributed by atoms with van der Waals surface area (Å²) >= 11 is 1.30. The van der Waals surface area contributed by atoms with Gasteiger partial charge >= 0.3 is 0 Å². The number of hydrogen-bond donors (Lipinski definition) is 3. The number of thiazole rings is 1. The smallest absolute Gasteiger partial charge is 0.273 e. The van der Waals surface area contributed by atoms with E-state index in [1.807, 2.05) is 0 Å². The molecule has 1 atom stereocenters. The molecular weight excluding hydrogens is 466 g/mol. The molecule has 2 aliphatic heterocycles. The van der Waals surface area contributed by atoms with E-state index in [0.29, 0.717) is 30.1 Å². The van der Waals surface area contributed by atoms with Crippen LogP contribution in [0.3, 0.4) is 0 Å². The number of hydrogen-bond acceptors (Lipinski definition) is 10. The molecule has 3 aromatic heterocycles. The topological polar surface area (TPSA) is 173 Å². The zero-order valence-electron chi connectivity index (χ0n) is 17.7. The van der Waals surface area contributed by atoms with Gasteiger partial charge in [0.1, 0.15) is 29.3 Å². The molecular formula is C20H19N7O6S. The van der Waals surface area contributed by atoms with Gasteiger partial charge < -0.3 is 29.7 Å². The van der Waals surface area contributed by atoms with Gasteiger partial charge in [0.15, 0.2) is 11.4 Å². The molecule has 0 spiro atoms. The highest BCUT2D eigenvalue weighted by Crippen LogP contribution is 2.22. The van der Waals surface area contributed by atoms with Crippen LogP contribution in [0.5, 0.6) is 0 Å². The van der Waals surface area contributed by atoms with Gasteiger partial charge in [0, 0.05) is 11.9 Å². The molecule has 5 heterocycles. The average molecular weight is 485 g/mol. The van der Waals surface area contributed by atoms with Gasteiger partial charge in [0.25, 0.3) is 11.8 Å². The molecule has 3 N–H and O–H groups in total. The van der Waals surface area contributed by atoms with E-state index in [-0.39, 0.29) is 54.6 Å². The Hall–Kier alpha value is -4.07. The minimum Gasteiger partial charge on any atom is -0.446 e. The number of nitrogens with zero attached hydrogens (tertiary/aromatic N) is 4. The largest absolute Gasteiger partial charge is 0.446 e. The lowest BCUT2D eigenvalue weighted by Gasteiger charge is -2.24. The zero-order chi connectivity index (χ0) is 23.7. The molecule has 2 aliphatic rings. The SMILES string of the molecule is O=C1NCC(=O)N2CCCC2C(=O)NCc2nc(cs2)-c2nc(co2)C(=O)NCc2nc1co2. The van der Waals surface area contributed by atoms with Crippen molar-refractivity contribution in [3.8, 4) is 11.6 Å². The van der Waals surface area contributed by atoms with Crippen molar-refractivity contribution in [3.63, 3.8) is 0 Å². The van der Waals surface area contributed by atoms with Crippen molar-refractivity contribution in [2.24, 2.45) is 0 Å². The fourth-order valence-corrected chi connectivity index (χ4v) is 4.40. The lowest BCUT2D eigenvalue weighted by Crippen LogP contribution is -2.48. The summed E-state index contributed by atoms with van der Waals surface area (Å²) < 4.78 is 10.6. The number of rotatable bonds is 0. The molecule has 1 saturated heterocycles.